The summed E-state index contributed by atoms with van der Waals surface area (Å²) in [6.45, 7) is 5.93. The highest BCUT2D eigenvalue weighted by atomic mass is 19.1. The minimum absolute atomic E-state index is 0.0391. The van der Waals surface area contributed by atoms with Crippen molar-refractivity contribution in [3.05, 3.63) is 36.0 Å². The third-order valence-electron chi connectivity index (χ3n) is 3.24. The van der Waals surface area contributed by atoms with Crippen LogP contribution in [0.5, 0.6) is 0 Å². The van der Waals surface area contributed by atoms with Crippen molar-refractivity contribution in [1.82, 2.24) is 15.5 Å². The molecule has 6 heteroatoms. The van der Waals surface area contributed by atoms with Gasteiger partial charge in [0.25, 0.3) is 0 Å². The molecule has 1 aromatic heterocycles. The van der Waals surface area contributed by atoms with Crippen molar-refractivity contribution < 1.29 is 13.7 Å². The monoisotopic (exact) mass is 305 g/mol. The number of hydrogen-bond acceptors (Lipinski definition) is 4. The Labute approximate surface area is 128 Å². The van der Waals surface area contributed by atoms with Crippen LogP contribution < -0.4 is 5.32 Å². The van der Waals surface area contributed by atoms with Crippen LogP contribution in [0.1, 0.15) is 45.5 Å². The molecular formula is C16H20FN3O2. The average Bonchev–Trinajstić information content (AvgIpc) is 2.96. The Kier molecular flexibility index (Phi) is 5.25. The number of nitrogens with zero attached hydrogens (tertiary/aromatic N) is 2. The summed E-state index contributed by atoms with van der Waals surface area (Å²) in [6, 6.07) is 5.47. The standard InChI is InChI=1S/C16H20FN3O2/c1-10(2)4-9-14(21)18-11(3)16-19-15(20-22-16)12-5-7-13(17)8-6-12/h5-8,10-11H,4,9H2,1-3H3,(H,18,21)/t11-/m1/s1. The van der Waals surface area contributed by atoms with Gasteiger partial charge in [-0.15, -0.1) is 0 Å². The van der Waals surface area contributed by atoms with Gasteiger partial charge in [0.15, 0.2) is 0 Å². The predicted octanol–water partition coefficient (Wildman–Crippen LogP) is 3.49. The van der Waals surface area contributed by atoms with E-state index in [1.807, 2.05) is 0 Å². The van der Waals surface area contributed by atoms with Crippen LogP contribution in [-0.2, 0) is 4.79 Å². The Hall–Kier alpha value is -2.24. The Balaban J connectivity index is 1.98. The number of halogens is 1. The summed E-state index contributed by atoms with van der Waals surface area (Å²) in [5.74, 6) is 0.825. The van der Waals surface area contributed by atoms with Crippen LogP contribution in [-0.4, -0.2) is 16.0 Å². The van der Waals surface area contributed by atoms with Crippen LogP contribution in [0.3, 0.4) is 0 Å². The lowest BCUT2D eigenvalue weighted by molar-refractivity contribution is -0.122. The first-order chi connectivity index (χ1) is 10.5. The van der Waals surface area contributed by atoms with Gasteiger partial charge < -0.3 is 9.84 Å². The Bertz CT molecular complexity index is 623. The van der Waals surface area contributed by atoms with E-state index in [0.717, 1.165) is 6.42 Å². The number of rotatable bonds is 6. The fourth-order valence-corrected chi connectivity index (χ4v) is 1.92. The molecule has 1 aromatic carbocycles. The first kappa shape index (κ1) is 16.1. The summed E-state index contributed by atoms with van der Waals surface area (Å²) in [7, 11) is 0. The molecule has 0 unspecified atom stereocenters. The smallest absolute Gasteiger partial charge is 0.249 e. The summed E-state index contributed by atoms with van der Waals surface area (Å²) < 4.78 is 18.1. The molecule has 0 fully saturated rings. The van der Waals surface area contributed by atoms with E-state index >= 15 is 0 Å². The molecule has 2 rings (SSSR count). The third kappa shape index (κ3) is 4.38. The number of aromatic nitrogens is 2. The number of carbonyl (C=O) groups is 1. The number of hydrogen-bond donors (Lipinski definition) is 1. The van der Waals surface area contributed by atoms with Gasteiger partial charge in [0.2, 0.25) is 17.6 Å². The summed E-state index contributed by atoms with van der Waals surface area (Å²) in [4.78, 5) is 16.0. The van der Waals surface area contributed by atoms with Crippen molar-refractivity contribution in [2.75, 3.05) is 0 Å². The zero-order chi connectivity index (χ0) is 16.1. The van der Waals surface area contributed by atoms with Gasteiger partial charge in [-0.2, -0.15) is 4.98 Å². The zero-order valence-corrected chi connectivity index (χ0v) is 13.0. The van der Waals surface area contributed by atoms with E-state index < -0.39 is 0 Å². The molecule has 22 heavy (non-hydrogen) atoms. The summed E-state index contributed by atoms with van der Waals surface area (Å²) in [5.41, 5.74) is 0.662. The van der Waals surface area contributed by atoms with E-state index in [1.54, 1.807) is 19.1 Å². The van der Waals surface area contributed by atoms with Crippen LogP contribution in [0, 0.1) is 11.7 Å². The van der Waals surface area contributed by atoms with Crippen LogP contribution in [0.4, 0.5) is 4.39 Å². The highest BCUT2D eigenvalue weighted by Crippen LogP contribution is 2.19. The lowest BCUT2D eigenvalue weighted by Gasteiger charge is -2.10. The molecule has 2 aromatic rings. The molecule has 0 aliphatic rings. The van der Waals surface area contributed by atoms with E-state index in [1.165, 1.54) is 12.1 Å². The maximum atomic E-state index is 12.9. The molecule has 0 spiro atoms. The minimum Gasteiger partial charge on any atom is -0.345 e. The van der Waals surface area contributed by atoms with Gasteiger partial charge >= 0.3 is 0 Å². The number of benzene rings is 1. The lowest BCUT2D eigenvalue weighted by atomic mass is 10.1. The van der Waals surface area contributed by atoms with Crippen LogP contribution >= 0.6 is 0 Å². The van der Waals surface area contributed by atoms with Gasteiger partial charge in [0.1, 0.15) is 11.9 Å². The van der Waals surface area contributed by atoms with E-state index in [-0.39, 0.29) is 17.8 Å². The molecule has 0 radical (unpaired) electrons. The Morgan fingerprint density at radius 3 is 2.59 bits per heavy atom. The molecule has 0 bridgehead atoms. The maximum Gasteiger partial charge on any atom is 0.249 e. The predicted molar refractivity (Wildman–Crippen MR) is 80.3 cm³/mol. The van der Waals surface area contributed by atoms with E-state index in [9.17, 15) is 9.18 Å². The SMILES string of the molecule is CC(C)CCC(=O)N[C@H](C)c1nc(-c2ccc(F)cc2)no1. The first-order valence-electron chi connectivity index (χ1n) is 7.34. The van der Waals surface area contributed by atoms with Gasteiger partial charge in [-0.3, -0.25) is 4.79 Å². The zero-order valence-electron chi connectivity index (χ0n) is 13.0. The number of carbonyl (C=O) groups excluding carboxylic acids is 1. The molecule has 1 atom stereocenters. The summed E-state index contributed by atoms with van der Waals surface area (Å²) in [6.07, 6.45) is 1.31. The van der Waals surface area contributed by atoms with Crippen LogP contribution in [0.25, 0.3) is 11.4 Å². The third-order valence-corrected chi connectivity index (χ3v) is 3.24. The van der Waals surface area contributed by atoms with Crippen LogP contribution in [0.2, 0.25) is 0 Å². The van der Waals surface area contributed by atoms with Gasteiger partial charge in [-0.05, 0) is 43.5 Å². The highest BCUT2D eigenvalue weighted by Gasteiger charge is 2.17. The van der Waals surface area contributed by atoms with Crippen molar-refractivity contribution in [3.8, 4) is 11.4 Å². The van der Waals surface area contributed by atoms with Gasteiger partial charge in [-0.1, -0.05) is 19.0 Å². The molecule has 0 saturated carbocycles. The van der Waals surface area contributed by atoms with Crippen molar-refractivity contribution in [2.24, 2.45) is 5.92 Å². The average molecular weight is 305 g/mol. The first-order valence-corrected chi connectivity index (χ1v) is 7.34. The highest BCUT2D eigenvalue weighted by molar-refractivity contribution is 5.76. The lowest BCUT2D eigenvalue weighted by Crippen LogP contribution is -2.26. The van der Waals surface area contributed by atoms with Crippen molar-refractivity contribution in [3.63, 3.8) is 0 Å². The molecular weight excluding hydrogens is 285 g/mol. The second kappa shape index (κ2) is 7.15. The normalized spacial score (nSPS) is 12.4. The second-order valence-electron chi connectivity index (χ2n) is 5.68. The van der Waals surface area contributed by atoms with Gasteiger partial charge in [0.05, 0.1) is 0 Å². The van der Waals surface area contributed by atoms with Crippen LogP contribution in [0.15, 0.2) is 28.8 Å². The van der Waals surface area contributed by atoms with Crippen molar-refractivity contribution >= 4 is 5.91 Å². The maximum absolute atomic E-state index is 12.9. The number of amides is 1. The molecule has 118 valence electrons. The molecule has 0 aliphatic carbocycles. The van der Waals surface area contributed by atoms with E-state index in [4.69, 9.17) is 4.52 Å². The quantitative estimate of drug-likeness (QED) is 0.887. The fraction of sp³-hybridized carbons (Fsp3) is 0.438. The largest absolute Gasteiger partial charge is 0.345 e. The molecule has 1 heterocycles. The molecule has 0 aliphatic heterocycles. The van der Waals surface area contributed by atoms with E-state index in [2.05, 4.69) is 29.3 Å². The van der Waals surface area contributed by atoms with Gasteiger partial charge in [0, 0.05) is 12.0 Å². The van der Waals surface area contributed by atoms with E-state index in [0.29, 0.717) is 29.6 Å². The molecule has 1 N–H and O–H groups in total. The summed E-state index contributed by atoms with van der Waals surface area (Å²) >= 11 is 0. The van der Waals surface area contributed by atoms with Crippen molar-refractivity contribution in [1.29, 1.82) is 0 Å². The number of nitrogens with one attached hydrogen (secondary N) is 1. The second-order valence-corrected chi connectivity index (χ2v) is 5.68. The van der Waals surface area contributed by atoms with Crippen molar-refractivity contribution in [2.45, 2.75) is 39.7 Å². The Morgan fingerprint density at radius 2 is 1.95 bits per heavy atom. The fourth-order valence-electron chi connectivity index (χ4n) is 1.92. The minimum atomic E-state index is -0.360. The topological polar surface area (TPSA) is 68.0 Å². The molecule has 1 amide bonds. The Morgan fingerprint density at radius 1 is 1.27 bits per heavy atom. The molecule has 5 nitrogen and oxygen atoms in total. The van der Waals surface area contributed by atoms with Gasteiger partial charge in [-0.25, -0.2) is 4.39 Å². The summed E-state index contributed by atoms with van der Waals surface area (Å²) in [5, 5.41) is 6.69. The molecule has 0 saturated heterocycles.